The molecule has 1 aliphatic rings. The second-order valence-electron chi connectivity index (χ2n) is 8.96. The van der Waals surface area contributed by atoms with Crippen LogP contribution < -0.4 is 0 Å². The van der Waals surface area contributed by atoms with Crippen LogP contribution >= 0.6 is 36.7 Å². The first-order valence-corrected chi connectivity index (χ1v) is 13.8. The average Bonchev–Trinajstić information content (AvgIpc) is 2.90. The van der Waals surface area contributed by atoms with Gasteiger partial charge in [-0.05, 0) is 68.0 Å². The Morgan fingerprint density at radius 2 is 1.27 bits per heavy atom. The Hall–Kier alpha value is -2.11. The number of rotatable bonds is 14. The smallest absolute Gasteiger partial charge is 0.321 e. The number of aliphatic carboxylic acids is 2. The zero-order chi connectivity index (χ0) is 28.5. The van der Waals surface area contributed by atoms with Crippen LogP contribution in [0.15, 0.2) is 33.2 Å². The number of hydrogen-bond donors (Lipinski definition) is 2. The molecule has 1 aliphatic heterocycles. The van der Waals surface area contributed by atoms with Gasteiger partial charge in [0.1, 0.15) is 12.1 Å². The maximum Gasteiger partial charge on any atom is 0.321 e. The molecule has 1 radical (unpaired) electrons. The summed E-state index contributed by atoms with van der Waals surface area (Å²) in [5, 5.41) is 27.0. The number of pyridine rings is 1. The van der Waals surface area contributed by atoms with Crippen molar-refractivity contribution in [2.45, 2.75) is 44.4 Å². The Balaban J connectivity index is 0.00000800. The van der Waals surface area contributed by atoms with Crippen molar-refractivity contribution in [1.82, 2.24) is 19.7 Å². The van der Waals surface area contributed by atoms with Gasteiger partial charge in [-0.2, -0.15) is 0 Å². The third-order valence-electron chi connectivity index (χ3n) is 6.42. The molecule has 2 rings (SSSR count). The van der Waals surface area contributed by atoms with Crippen LogP contribution in [-0.4, -0.2) is 122 Å². The van der Waals surface area contributed by atoms with Gasteiger partial charge in [0.05, 0.1) is 46.5 Å². The summed E-state index contributed by atoms with van der Waals surface area (Å²) in [7, 11) is 0. The maximum atomic E-state index is 12.2. The van der Waals surface area contributed by atoms with E-state index in [0.29, 0.717) is 76.6 Å². The predicted molar refractivity (Wildman–Crippen MR) is 158 cm³/mol. The van der Waals surface area contributed by atoms with Crippen molar-refractivity contribution in [3.8, 4) is 0 Å². The topological polar surface area (TPSA) is 134 Å². The quantitative estimate of drug-likeness (QED) is 0.134. The van der Waals surface area contributed by atoms with Crippen molar-refractivity contribution in [2.75, 3.05) is 52.4 Å². The van der Waals surface area contributed by atoms with E-state index < -0.39 is 24.0 Å². The Bertz CT molecular complexity index is 1040. The number of nitrogens with zero attached hydrogens (tertiary/aromatic N) is 7. The SMILES string of the molecule is O=C(O)C(CCN=C=S)N1CCN(CCCN=C=S)CCN(C(CCN=C=S)C(=O)O)Cc2cccc(n2)C1.[Mn]. The molecule has 1 aromatic heterocycles. The minimum Gasteiger partial charge on any atom is -0.480 e. The molecule has 2 atom stereocenters. The predicted octanol–water partition coefficient (Wildman–Crippen LogP) is 2.38. The normalized spacial score (nSPS) is 16.3. The van der Waals surface area contributed by atoms with E-state index in [1.165, 1.54) is 0 Å². The number of aromatic nitrogens is 1. The number of fused-ring (bicyclic) bond motifs is 2. The Morgan fingerprint density at radius 3 is 1.70 bits per heavy atom. The molecule has 0 fully saturated rings. The molecule has 0 amide bonds. The van der Waals surface area contributed by atoms with Gasteiger partial charge in [0.15, 0.2) is 0 Å². The van der Waals surface area contributed by atoms with Crippen molar-refractivity contribution in [3.05, 3.63) is 29.6 Å². The molecule has 0 aromatic carbocycles. The van der Waals surface area contributed by atoms with Gasteiger partial charge in [-0.25, -0.2) is 15.0 Å². The molecule has 2 bridgehead atoms. The van der Waals surface area contributed by atoms with Gasteiger partial charge in [-0.15, -0.1) is 0 Å². The summed E-state index contributed by atoms with van der Waals surface area (Å²) < 4.78 is 0. The average molecular weight is 647 g/mol. The van der Waals surface area contributed by atoms with Crippen molar-refractivity contribution < 1.29 is 36.9 Å². The summed E-state index contributed by atoms with van der Waals surface area (Å²) in [5.74, 6) is -1.87. The zero-order valence-corrected chi connectivity index (χ0v) is 25.7. The van der Waals surface area contributed by atoms with Crippen LogP contribution in [0.3, 0.4) is 0 Å². The number of isothiocyanates is 3. The first-order chi connectivity index (χ1) is 18.9. The fourth-order valence-corrected chi connectivity index (χ4v) is 4.77. The molecule has 1 aromatic rings. The Morgan fingerprint density at radius 1 is 0.825 bits per heavy atom. The van der Waals surface area contributed by atoms with E-state index in [-0.39, 0.29) is 30.2 Å². The minimum absolute atomic E-state index is 0. The summed E-state index contributed by atoms with van der Waals surface area (Å²) in [6.45, 7) is 4.46. The Labute approximate surface area is 260 Å². The molecule has 2 heterocycles. The summed E-state index contributed by atoms with van der Waals surface area (Å²) >= 11 is 14.0. The monoisotopic (exact) mass is 646 g/mol. The van der Waals surface area contributed by atoms with Gasteiger partial charge < -0.3 is 15.1 Å². The zero-order valence-electron chi connectivity index (χ0n) is 22.0. The van der Waals surface area contributed by atoms with Crippen LogP contribution in [0.1, 0.15) is 30.7 Å². The number of carboxylic acids is 2. The maximum absolute atomic E-state index is 12.2. The molecule has 2 N–H and O–H groups in total. The third-order valence-corrected chi connectivity index (χ3v) is 6.81. The van der Waals surface area contributed by atoms with Crippen LogP contribution in [0.4, 0.5) is 0 Å². The number of carboxylic acid groups (broad SMARTS) is 2. The van der Waals surface area contributed by atoms with Gasteiger partial charge >= 0.3 is 11.9 Å². The van der Waals surface area contributed by atoms with E-state index in [9.17, 15) is 19.8 Å². The molecule has 40 heavy (non-hydrogen) atoms. The summed E-state index contributed by atoms with van der Waals surface area (Å²) in [6.07, 6.45) is 1.32. The fourth-order valence-electron chi connectivity index (χ4n) is 4.50. The Kier molecular flexibility index (Phi) is 18.6. The summed E-state index contributed by atoms with van der Waals surface area (Å²) in [6, 6.07) is 4.01. The van der Waals surface area contributed by atoms with Crippen LogP contribution in [0.25, 0.3) is 0 Å². The molecule has 0 saturated carbocycles. The van der Waals surface area contributed by atoms with Gasteiger partial charge in [0.2, 0.25) is 0 Å². The van der Waals surface area contributed by atoms with E-state index in [4.69, 9.17) is 4.98 Å². The first-order valence-electron chi connectivity index (χ1n) is 12.6. The standard InChI is InChI=1S/C25H33N7O4S3.Mn/c33-24(34)22(5-8-27-18-38)31-13-11-30(10-2-7-26-17-37)12-14-32(23(25(35)36)6-9-28-19-39)16-21-4-1-3-20(15-31)29-21;/h1,3-4,22-23H,2,5-16H2,(H,33,34)(H,35,36);. The number of thiocarbonyl (C=S) groups is 3. The number of hydrogen-bond acceptors (Lipinski definition) is 12. The van der Waals surface area contributed by atoms with Gasteiger partial charge in [0, 0.05) is 62.9 Å². The summed E-state index contributed by atoms with van der Waals surface area (Å²) in [4.78, 5) is 47.0. The second-order valence-corrected chi connectivity index (χ2v) is 9.51. The van der Waals surface area contributed by atoms with Crippen LogP contribution in [0, 0.1) is 0 Å². The van der Waals surface area contributed by atoms with Gasteiger partial charge in [-0.1, -0.05) is 6.07 Å². The van der Waals surface area contributed by atoms with E-state index in [2.05, 4.69) is 72.0 Å². The molecular formula is C25H33MnN7O4S3. The molecule has 0 aliphatic carbocycles. The van der Waals surface area contributed by atoms with E-state index >= 15 is 0 Å². The van der Waals surface area contributed by atoms with Crippen molar-refractivity contribution in [2.24, 2.45) is 15.0 Å². The van der Waals surface area contributed by atoms with Crippen molar-refractivity contribution in [3.63, 3.8) is 0 Å². The van der Waals surface area contributed by atoms with Gasteiger partial charge in [-0.3, -0.25) is 24.4 Å². The van der Waals surface area contributed by atoms with Crippen molar-refractivity contribution >= 4 is 64.1 Å². The molecule has 0 spiro atoms. The van der Waals surface area contributed by atoms with Crippen molar-refractivity contribution in [1.29, 1.82) is 0 Å². The van der Waals surface area contributed by atoms with E-state index in [1.807, 2.05) is 28.0 Å². The summed E-state index contributed by atoms with van der Waals surface area (Å²) in [5.41, 5.74) is 1.41. The third kappa shape index (κ3) is 13.0. The molecule has 11 nitrogen and oxygen atoms in total. The van der Waals surface area contributed by atoms with E-state index in [1.54, 1.807) is 0 Å². The first kappa shape index (κ1) is 35.9. The van der Waals surface area contributed by atoms with E-state index in [0.717, 1.165) is 6.42 Å². The van der Waals surface area contributed by atoms with Crippen LogP contribution in [0.5, 0.6) is 0 Å². The molecular weight excluding hydrogens is 613 g/mol. The number of aliphatic imine (C=N–C) groups is 3. The van der Waals surface area contributed by atoms with Crippen LogP contribution in [-0.2, 0) is 39.7 Å². The molecule has 0 saturated heterocycles. The molecule has 217 valence electrons. The number of carbonyl (C=O) groups is 2. The van der Waals surface area contributed by atoms with Gasteiger partial charge in [0.25, 0.3) is 0 Å². The molecule has 2 unspecified atom stereocenters. The van der Waals surface area contributed by atoms with Crippen LogP contribution in [0.2, 0.25) is 0 Å². The fraction of sp³-hybridized carbons (Fsp3) is 0.600. The molecule has 15 heteroatoms. The minimum atomic E-state index is -0.936. The largest absolute Gasteiger partial charge is 0.480 e. The second kappa shape index (κ2) is 20.7.